The van der Waals surface area contributed by atoms with E-state index in [0.717, 1.165) is 30.7 Å². The largest absolute Gasteiger partial charge is 0.325 e. The topological polar surface area (TPSA) is 34.9 Å². The molecule has 0 aliphatic rings. The van der Waals surface area contributed by atoms with Crippen LogP contribution >= 0.6 is 0 Å². The molecule has 0 atom stereocenters. The summed E-state index contributed by atoms with van der Waals surface area (Å²) in [6, 6.07) is 15.7. The van der Waals surface area contributed by atoms with Gasteiger partial charge in [-0.3, -0.25) is 4.79 Å². The highest BCUT2D eigenvalue weighted by atomic mass is 16.1. The van der Waals surface area contributed by atoms with Gasteiger partial charge in [0, 0.05) is 24.5 Å². The molecule has 0 N–H and O–H groups in total. The Kier molecular flexibility index (Phi) is 3.82. The molecule has 0 radical (unpaired) electrons. The fourth-order valence-corrected chi connectivity index (χ4v) is 2.65. The monoisotopic (exact) mass is 278 g/mol. The van der Waals surface area contributed by atoms with E-state index in [1.165, 1.54) is 5.56 Å². The number of aryl methyl sites for hydroxylation is 1. The highest BCUT2D eigenvalue weighted by Gasteiger charge is 2.09. The van der Waals surface area contributed by atoms with Gasteiger partial charge in [0.1, 0.15) is 5.65 Å². The van der Waals surface area contributed by atoms with Crippen molar-refractivity contribution in [3.05, 3.63) is 76.2 Å². The van der Waals surface area contributed by atoms with Gasteiger partial charge in [-0.1, -0.05) is 43.7 Å². The zero-order chi connectivity index (χ0) is 14.7. The summed E-state index contributed by atoms with van der Waals surface area (Å²) in [4.78, 5) is 16.7. The molecule has 3 aromatic rings. The van der Waals surface area contributed by atoms with Crippen LogP contribution in [0.25, 0.3) is 11.0 Å². The minimum absolute atomic E-state index is 0.0610. The van der Waals surface area contributed by atoms with Crippen LogP contribution in [0.15, 0.2) is 59.5 Å². The second kappa shape index (κ2) is 5.92. The maximum absolute atomic E-state index is 12.2. The number of hydrogen-bond donors (Lipinski definition) is 0. The van der Waals surface area contributed by atoms with E-state index in [9.17, 15) is 4.79 Å². The SMILES string of the molecule is CCCc1cc(=O)c2cccnc2n1Cc1ccccc1. The Hall–Kier alpha value is -2.42. The fraction of sp³-hybridized carbons (Fsp3) is 0.222. The summed E-state index contributed by atoms with van der Waals surface area (Å²) in [6.45, 7) is 2.86. The molecule has 0 aliphatic carbocycles. The van der Waals surface area contributed by atoms with Crippen LogP contribution in [0, 0.1) is 0 Å². The van der Waals surface area contributed by atoms with Gasteiger partial charge in [-0.05, 0) is 24.1 Å². The number of rotatable bonds is 4. The van der Waals surface area contributed by atoms with E-state index < -0.39 is 0 Å². The molecule has 3 heteroatoms. The van der Waals surface area contributed by atoms with E-state index in [-0.39, 0.29) is 5.43 Å². The predicted molar refractivity (Wildman–Crippen MR) is 85.5 cm³/mol. The third kappa shape index (κ3) is 2.72. The maximum atomic E-state index is 12.2. The van der Waals surface area contributed by atoms with Crippen LogP contribution < -0.4 is 5.43 Å². The van der Waals surface area contributed by atoms with E-state index in [1.54, 1.807) is 12.3 Å². The second-order valence-corrected chi connectivity index (χ2v) is 5.20. The lowest BCUT2D eigenvalue weighted by molar-refractivity contribution is 0.727. The summed E-state index contributed by atoms with van der Waals surface area (Å²) >= 11 is 0. The first-order chi connectivity index (χ1) is 10.3. The Bertz CT molecular complexity index is 806. The maximum Gasteiger partial charge on any atom is 0.191 e. The molecule has 106 valence electrons. The summed E-state index contributed by atoms with van der Waals surface area (Å²) in [6.07, 6.45) is 3.64. The molecule has 0 unspecified atom stereocenters. The first-order valence-corrected chi connectivity index (χ1v) is 7.31. The summed E-state index contributed by atoms with van der Waals surface area (Å²) < 4.78 is 2.16. The smallest absolute Gasteiger partial charge is 0.191 e. The van der Waals surface area contributed by atoms with E-state index in [2.05, 4.69) is 28.6 Å². The Labute approximate surface area is 123 Å². The molecule has 2 heterocycles. The van der Waals surface area contributed by atoms with Gasteiger partial charge in [0.2, 0.25) is 0 Å². The van der Waals surface area contributed by atoms with E-state index in [4.69, 9.17) is 0 Å². The molecule has 3 rings (SSSR count). The first kappa shape index (κ1) is 13.6. The summed E-state index contributed by atoms with van der Waals surface area (Å²) in [7, 11) is 0. The highest BCUT2D eigenvalue weighted by Crippen LogP contribution is 2.14. The summed E-state index contributed by atoms with van der Waals surface area (Å²) in [5, 5.41) is 0.688. The lowest BCUT2D eigenvalue weighted by Gasteiger charge is -2.15. The zero-order valence-corrected chi connectivity index (χ0v) is 12.1. The van der Waals surface area contributed by atoms with Crippen molar-refractivity contribution in [1.82, 2.24) is 9.55 Å². The number of aromatic nitrogens is 2. The normalized spacial score (nSPS) is 10.9. The van der Waals surface area contributed by atoms with E-state index in [0.29, 0.717) is 5.39 Å². The van der Waals surface area contributed by atoms with Crippen molar-refractivity contribution in [2.45, 2.75) is 26.3 Å². The third-order valence-electron chi connectivity index (χ3n) is 3.64. The molecule has 0 aliphatic heterocycles. The van der Waals surface area contributed by atoms with Crippen molar-refractivity contribution in [3.63, 3.8) is 0 Å². The van der Waals surface area contributed by atoms with Gasteiger partial charge in [-0.2, -0.15) is 0 Å². The van der Waals surface area contributed by atoms with Gasteiger partial charge >= 0.3 is 0 Å². The van der Waals surface area contributed by atoms with Gasteiger partial charge in [0.05, 0.1) is 5.39 Å². The predicted octanol–water partition coefficient (Wildman–Crippen LogP) is 3.40. The van der Waals surface area contributed by atoms with Gasteiger partial charge in [0.15, 0.2) is 5.43 Å². The molecular weight excluding hydrogens is 260 g/mol. The van der Waals surface area contributed by atoms with Crippen LogP contribution in [-0.2, 0) is 13.0 Å². The van der Waals surface area contributed by atoms with E-state index in [1.807, 2.05) is 30.3 Å². The summed E-state index contributed by atoms with van der Waals surface area (Å²) in [5.74, 6) is 0. The number of nitrogens with zero attached hydrogens (tertiary/aromatic N) is 2. The number of benzene rings is 1. The summed E-state index contributed by atoms with van der Waals surface area (Å²) in [5.41, 5.74) is 3.10. The van der Waals surface area contributed by atoms with Gasteiger partial charge in [0.25, 0.3) is 0 Å². The molecule has 1 aromatic carbocycles. The van der Waals surface area contributed by atoms with Crippen LogP contribution in [0.5, 0.6) is 0 Å². The van der Waals surface area contributed by atoms with Crippen molar-refractivity contribution < 1.29 is 0 Å². The van der Waals surface area contributed by atoms with Crippen LogP contribution in [0.3, 0.4) is 0 Å². The molecule has 3 nitrogen and oxygen atoms in total. The quantitative estimate of drug-likeness (QED) is 0.733. The molecule has 2 aromatic heterocycles. The Balaban J connectivity index is 2.20. The number of hydrogen-bond acceptors (Lipinski definition) is 2. The third-order valence-corrected chi connectivity index (χ3v) is 3.64. The molecule has 0 amide bonds. The van der Waals surface area contributed by atoms with Crippen molar-refractivity contribution in [3.8, 4) is 0 Å². The van der Waals surface area contributed by atoms with Crippen LogP contribution in [0.4, 0.5) is 0 Å². The fourth-order valence-electron chi connectivity index (χ4n) is 2.65. The highest BCUT2D eigenvalue weighted by molar-refractivity contribution is 5.75. The molecule has 0 spiro atoms. The average molecular weight is 278 g/mol. The van der Waals surface area contributed by atoms with Crippen LogP contribution in [0.1, 0.15) is 24.6 Å². The van der Waals surface area contributed by atoms with Gasteiger partial charge in [-0.15, -0.1) is 0 Å². The van der Waals surface area contributed by atoms with Crippen LogP contribution in [-0.4, -0.2) is 9.55 Å². The van der Waals surface area contributed by atoms with Crippen molar-refractivity contribution in [2.24, 2.45) is 0 Å². The van der Waals surface area contributed by atoms with Crippen molar-refractivity contribution in [1.29, 1.82) is 0 Å². The Morgan fingerprint density at radius 3 is 2.67 bits per heavy atom. The standard InChI is InChI=1S/C18H18N2O/c1-2-7-15-12-17(21)16-10-6-11-19-18(16)20(15)13-14-8-4-3-5-9-14/h3-6,8-12H,2,7,13H2,1H3. The lowest BCUT2D eigenvalue weighted by Crippen LogP contribution is -2.16. The van der Waals surface area contributed by atoms with Crippen molar-refractivity contribution in [2.75, 3.05) is 0 Å². The first-order valence-electron chi connectivity index (χ1n) is 7.31. The second-order valence-electron chi connectivity index (χ2n) is 5.20. The Morgan fingerprint density at radius 2 is 1.90 bits per heavy atom. The zero-order valence-electron chi connectivity index (χ0n) is 12.1. The molecule has 0 saturated carbocycles. The minimum atomic E-state index is 0.0610. The number of pyridine rings is 2. The molecule has 0 fully saturated rings. The molecular formula is C18H18N2O. The average Bonchev–Trinajstić information content (AvgIpc) is 2.52. The number of fused-ring (bicyclic) bond motifs is 1. The van der Waals surface area contributed by atoms with Crippen LogP contribution in [0.2, 0.25) is 0 Å². The Morgan fingerprint density at radius 1 is 1.10 bits per heavy atom. The molecule has 0 bridgehead atoms. The van der Waals surface area contributed by atoms with Crippen molar-refractivity contribution >= 4 is 11.0 Å². The molecule has 21 heavy (non-hydrogen) atoms. The van der Waals surface area contributed by atoms with Gasteiger partial charge in [-0.25, -0.2) is 4.98 Å². The molecule has 0 saturated heterocycles. The van der Waals surface area contributed by atoms with E-state index >= 15 is 0 Å². The minimum Gasteiger partial charge on any atom is -0.325 e. The van der Waals surface area contributed by atoms with Gasteiger partial charge < -0.3 is 4.57 Å². The lowest BCUT2D eigenvalue weighted by atomic mass is 10.1.